The summed E-state index contributed by atoms with van der Waals surface area (Å²) in [6.07, 6.45) is 2.72. The van der Waals surface area contributed by atoms with Crippen LogP contribution in [0.5, 0.6) is 0 Å². The van der Waals surface area contributed by atoms with Crippen molar-refractivity contribution in [3.05, 3.63) is 23.8 Å². The Balaban J connectivity index is 1.81. The number of nitrogens with zero attached hydrogens (tertiary/aromatic N) is 2. The van der Waals surface area contributed by atoms with Crippen molar-refractivity contribution in [1.29, 1.82) is 5.26 Å². The van der Waals surface area contributed by atoms with E-state index in [0.717, 1.165) is 31.6 Å². The molecule has 0 atom stereocenters. The van der Waals surface area contributed by atoms with E-state index in [-0.39, 0.29) is 5.91 Å². The first-order valence-corrected chi connectivity index (χ1v) is 6.52. The monoisotopic (exact) mass is 258 g/mol. The first-order valence-electron chi connectivity index (χ1n) is 6.52. The Morgan fingerprint density at radius 1 is 1.42 bits per heavy atom. The molecule has 1 aromatic carbocycles. The van der Waals surface area contributed by atoms with Crippen LogP contribution in [0.1, 0.15) is 24.8 Å². The van der Waals surface area contributed by atoms with Crippen molar-refractivity contribution in [2.45, 2.75) is 19.3 Å². The van der Waals surface area contributed by atoms with Gasteiger partial charge in [0.05, 0.1) is 11.3 Å². The fraction of sp³-hybridized carbons (Fsp3) is 0.429. The predicted molar refractivity (Wildman–Crippen MR) is 74.5 cm³/mol. The third-order valence-corrected chi connectivity index (χ3v) is 3.30. The third-order valence-electron chi connectivity index (χ3n) is 3.30. The number of hydrogen-bond donors (Lipinski definition) is 2. The van der Waals surface area contributed by atoms with Crippen LogP contribution in [0.3, 0.4) is 0 Å². The van der Waals surface area contributed by atoms with Crippen LogP contribution in [0, 0.1) is 11.3 Å². The predicted octanol–water partition coefficient (Wildman–Crippen LogP) is 1.56. The number of amides is 1. The van der Waals surface area contributed by atoms with Gasteiger partial charge in [-0.25, -0.2) is 0 Å². The van der Waals surface area contributed by atoms with Gasteiger partial charge in [-0.3, -0.25) is 4.79 Å². The van der Waals surface area contributed by atoms with Gasteiger partial charge in [-0.05, 0) is 31.0 Å². The second-order valence-corrected chi connectivity index (χ2v) is 4.68. The minimum atomic E-state index is 0.201. The highest BCUT2D eigenvalue weighted by Gasteiger charge is 2.16. The van der Waals surface area contributed by atoms with Crippen LogP contribution in [-0.2, 0) is 4.79 Å². The van der Waals surface area contributed by atoms with Gasteiger partial charge in [0.2, 0.25) is 5.91 Å². The number of nitrogen functional groups attached to an aromatic ring is 1. The molecule has 1 fully saturated rings. The Morgan fingerprint density at radius 2 is 2.16 bits per heavy atom. The Kier molecular flexibility index (Phi) is 4.24. The lowest BCUT2D eigenvalue weighted by Gasteiger charge is -2.15. The number of nitrogens with two attached hydrogens (primary N) is 1. The van der Waals surface area contributed by atoms with Gasteiger partial charge in [0, 0.05) is 31.7 Å². The number of nitriles is 1. The molecular formula is C14H18N4O. The maximum atomic E-state index is 11.8. The Morgan fingerprint density at radius 3 is 2.79 bits per heavy atom. The highest BCUT2D eigenvalue weighted by molar-refractivity contribution is 5.77. The van der Waals surface area contributed by atoms with Crippen molar-refractivity contribution in [3.8, 4) is 6.07 Å². The molecule has 2 rings (SSSR count). The molecule has 1 aliphatic heterocycles. The van der Waals surface area contributed by atoms with Crippen LogP contribution in [-0.4, -0.2) is 30.4 Å². The van der Waals surface area contributed by atoms with Gasteiger partial charge in [0.15, 0.2) is 0 Å². The molecule has 5 nitrogen and oxygen atoms in total. The number of carbonyl (C=O) groups is 1. The van der Waals surface area contributed by atoms with Gasteiger partial charge in [-0.1, -0.05) is 0 Å². The Hall–Kier alpha value is -2.22. The van der Waals surface area contributed by atoms with E-state index < -0.39 is 0 Å². The van der Waals surface area contributed by atoms with Crippen LogP contribution in [0.2, 0.25) is 0 Å². The minimum absolute atomic E-state index is 0.201. The SMILES string of the molecule is N#Cc1ccc(NCCC(=O)N2CCCC2)cc1N. The number of nitrogens with one attached hydrogen (secondary N) is 1. The Labute approximate surface area is 113 Å². The maximum absolute atomic E-state index is 11.8. The van der Waals surface area contributed by atoms with Gasteiger partial charge in [-0.15, -0.1) is 0 Å². The number of carbonyl (C=O) groups excluding carboxylic acids is 1. The fourth-order valence-electron chi connectivity index (χ4n) is 2.21. The van der Waals surface area contributed by atoms with E-state index in [2.05, 4.69) is 5.32 Å². The molecule has 1 saturated heterocycles. The minimum Gasteiger partial charge on any atom is -0.398 e. The molecule has 1 aromatic rings. The molecule has 1 heterocycles. The van der Waals surface area contributed by atoms with Crippen molar-refractivity contribution in [1.82, 2.24) is 4.90 Å². The molecule has 3 N–H and O–H groups in total. The standard InChI is InChI=1S/C14H18N4O/c15-10-11-3-4-12(9-13(11)16)17-6-5-14(19)18-7-1-2-8-18/h3-4,9,17H,1-2,5-8,16H2. The molecule has 1 aliphatic rings. The molecule has 0 spiro atoms. The second-order valence-electron chi connectivity index (χ2n) is 4.68. The molecule has 0 aliphatic carbocycles. The van der Waals surface area contributed by atoms with Gasteiger partial charge >= 0.3 is 0 Å². The van der Waals surface area contributed by atoms with E-state index in [0.29, 0.717) is 24.2 Å². The zero-order chi connectivity index (χ0) is 13.7. The van der Waals surface area contributed by atoms with Gasteiger partial charge in [0.25, 0.3) is 0 Å². The molecule has 1 amide bonds. The van der Waals surface area contributed by atoms with Crippen molar-refractivity contribution >= 4 is 17.3 Å². The summed E-state index contributed by atoms with van der Waals surface area (Å²) in [4.78, 5) is 13.7. The lowest BCUT2D eigenvalue weighted by atomic mass is 10.2. The summed E-state index contributed by atoms with van der Waals surface area (Å²) in [5.41, 5.74) is 7.49. The zero-order valence-corrected chi connectivity index (χ0v) is 10.9. The largest absolute Gasteiger partial charge is 0.398 e. The average Bonchev–Trinajstić information content (AvgIpc) is 2.93. The lowest BCUT2D eigenvalue weighted by Crippen LogP contribution is -2.29. The zero-order valence-electron chi connectivity index (χ0n) is 10.9. The molecule has 5 heteroatoms. The van der Waals surface area contributed by atoms with Crippen LogP contribution in [0.15, 0.2) is 18.2 Å². The number of likely N-dealkylation sites (tertiary alicyclic amines) is 1. The molecular weight excluding hydrogens is 240 g/mol. The highest BCUT2D eigenvalue weighted by atomic mass is 16.2. The summed E-state index contributed by atoms with van der Waals surface area (Å²) in [6, 6.07) is 7.22. The van der Waals surface area contributed by atoms with Crippen molar-refractivity contribution in [3.63, 3.8) is 0 Å². The van der Waals surface area contributed by atoms with Crippen LogP contribution in [0.25, 0.3) is 0 Å². The van der Waals surface area contributed by atoms with Gasteiger partial charge in [-0.2, -0.15) is 5.26 Å². The molecule has 0 saturated carbocycles. The van der Waals surface area contributed by atoms with Crippen molar-refractivity contribution < 1.29 is 4.79 Å². The van der Waals surface area contributed by atoms with E-state index in [9.17, 15) is 4.79 Å². The third kappa shape index (κ3) is 3.38. The second kappa shape index (κ2) is 6.10. The molecule has 0 unspecified atom stereocenters. The van der Waals surface area contributed by atoms with Gasteiger partial charge < -0.3 is 16.0 Å². The topological polar surface area (TPSA) is 82.2 Å². The normalized spacial score (nSPS) is 14.2. The lowest BCUT2D eigenvalue weighted by molar-refractivity contribution is -0.129. The van der Waals surface area contributed by atoms with E-state index in [1.807, 2.05) is 11.0 Å². The first kappa shape index (κ1) is 13.2. The molecule has 0 bridgehead atoms. The summed E-state index contributed by atoms with van der Waals surface area (Å²) < 4.78 is 0. The van der Waals surface area contributed by atoms with Crippen LogP contribution < -0.4 is 11.1 Å². The molecule has 100 valence electrons. The number of hydrogen-bond acceptors (Lipinski definition) is 4. The summed E-state index contributed by atoms with van der Waals surface area (Å²) in [6.45, 7) is 2.37. The van der Waals surface area contributed by atoms with E-state index >= 15 is 0 Å². The van der Waals surface area contributed by atoms with Crippen molar-refractivity contribution in [2.75, 3.05) is 30.7 Å². The molecule has 0 radical (unpaired) electrons. The van der Waals surface area contributed by atoms with E-state index in [1.54, 1.807) is 18.2 Å². The summed E-state index contributed by atoms with van der Waals surface area (Å²) in [7, 11) is 0. The summed E-state index contributed by atoms with van der Waals surface area (Å²) >= 11 is 0. The van der Waals surface area contributed by atoms with E-state index in [4.69, 9.17) is 11.0 Å². The smallest absolute Gasteiger partial charge is 0.224 e. The van der Waals surface area contributed by atoms with Crippen LogP contribution in [0.4, 0.5) is 11.4 Å². The molecule has 0 aromatic heterocycles. The quantitative estimate of drug-likeness (QED) is 0.803. The fourth-order valence-corrected chi connectivity index (χ4v) is 2.21. The van der Waals surface area contributed by atoms with Crippen LogP contribution >= 0.6 is 0 Å². The van der Waals surface area contributed by atoms with E-state index in [1.165, 1.54) is 0 Å². The number of anilines is 2. The van der Waals surface area contributed by atoms with Gasteiger partial charge in [0.1, 0.15) is 6.07 Å². The summed E-state index contributed by atoms with van der Waals surface area (Å²) in [5, 5.41) is 11.9. The summed E-state index contributed by atoms with van der Waals surface area (Å²) in [5.74, 6) is 0.201. The molecule has 19 heavy (non-hydrogen) atoms. The maximum Gasteiger partial charge on any atom is 0.224 e. The van der Waals surface area contributed by atoms with Crippen molar-refractivity contribution in [2.24, 2.45) is 0 Å². The number of rotatable bonds is 4. The first-order chi connectivity index (χ1) is 9.20. The highest BCUT2D eigenvalue weighted by Crippen LogP contribution is 2.17. The Bertz CT molecular complexity index is 501. The number of benzene rings is 1. The average molecular weight is 258 g/mol.